The van der Waals surface area contributed by atoms with Crippen molar-refractivity contribution in [3.8, 4) is 0 Å². The van der Waals surface area contributed by atoms with Crippen LogP contribution in [0.1, 0.15) is 24.1 Å². The fourth-order valence-electron chi connectivity index (χ4n) is 2.56. The largest absolute Gasteiger partial charge is 0.349 e. The molecule has 0 aliphatic carbocycles. The molecule has 0 aliphatic heterocycles. The molecule has 0 radical (unpaired) electrons. The lowest BCUT2D eigenvalue weighted by Gasteiger charge is -2.14. The van der Waals surface area contributed by atoms with Crippen molar-refractivity contribution in [3.05, 3.63) is 78.1 Å². The Bertz CT molecular complexity index is 784. The highest BCUT2D eigenvalue weighted by atomic mass is 16.1. The predicted molar refractivity (Wildman–Crippen MR) is 88.4 cm³/mol. The molecule has 3 rings (SSSR count). The zero-order valence-electron chi connectivity index (χ0n) is 12.5. The number of hydrogen-bond donors (Lipinski definition) is 1. The second-order valence-electron chi connectivity index (χ2n) is 5.43. The lowest BCUT2D eigenvalue weighted by Crippen LogP contribution is -2.28. The second-order valence-corrected chi connectivity index (χ2v) is 5.43. The summed E-state index contributed by atoms with van der Waals surface area (Å²) in [7, 11) is 0. The number of aromatic nitrogens is 1. The average Bonchev–Trinajstić information content (AvgIpc) is 2.55. The van der Waals surface area contributed by atoms with E-state index in [9.17, 15) is 4.79 Å². The van der Waals surface area contributed by atoms with Crippen molar-refractivity contribution in [1.29, 1.82) is 0 Å². The predicted octanol–water partition coefficient (Wildman–Crippen LogP) is 3.65. The zero-order chi connectivity index (χ0) is 15.4. The van der Waals surface area contributed by atoms with Crippen molar-refractivity contribution in [2.45, 2.75) is 19.4 Å². The number of carbonyl (C=O) groups excluding carboxylic acids is 1. The van der Waals surface area contributed by atoms with E-state index in [4.69, 9.17) is 0 Å². The number of amides is 1. The molecule has 0 aliphatic rings. The quantitative estimate of drug-likeness (QED) is 0.797. The molecule has 0 fully saturated rings. The average molecular weight is 290 g/mol. The van der Waals surface area contributed by atoms with E-state index in [1.807, 2.05) is 37.3 Å². The fourth-order valence-corrected chi connectivity index (χ4v) is 2.56. The van der Waals surface area contributed by atoms with Crippen LogP contribution in [-0.4, -0.2) is 10.9 Å². The van der Waals surface area contributed by atoms with E-state index in [0.717, 1.165) is 16.5 Å². The summed E-state index contributed by atoms with van der Waals surface area (Å²) in [5, 5.41) is 5.38. The summed E-state index contributed by atoms with van der Waals surface area (Å²) in [4.78, 5) is 16.2. The van der Waals surface area contributed by atoms with Crippen LogP contribution in [0, 0.1) is 0 Å². The highest BCUT2D eigenvalue weighted by molar-refractivity contribution is 5.85. The van der Waals surface area contributed by atoms with E-state index in [0.29, 0.717) is 6.42 Å². The van der Waals surface area contributed by atoms with E-state index < -0.39 is 0 Å². The van der Waals surface area contributed by atoms with Gasteiger partial charge in [-0.2, -0.15) is 0 Å². The Balaban J connectivity index is 1.68. The van der Waals surface area contributed by atoms with Crippen molar-refractivity contribution in [2.24, 2.45) is 0 Å². The molecule has 3 nitrogen and oxygen atoms in total. The van der Waals surface area contributed by atoms with Crippen LogP contribution in [0.15, 0.2) is 67.0 Å². The van der Waals surface area contributed by atoms with Crippen LogP contribution in [0.2, 0.25) is 0 Å². The molecule has 1 atom stereocenters. The minimum absolute atomic E-state index is 0.0176. The summed E-state index contributed by atoms with van der Waals surface area (Å²) in [5.41, 5.74) is 2.08. The molecule has 3 aromatic rings. The van der Waals surface area contributed by atoms with Gasteiger partial charge in [0.25, 0.3) is 0 Å². The SMILES string of the molecule is CC(NC(=O)Cc1ccc2ccccc2c1)c1ccncc1. The summed E-state index contributed by atoms with van der Waals surface area (Å²) >= 11 is 0. The van der Waals surface area contributed by atoms with Gasteiger partial charge in [-0.15, -0.1) is 0 Å². The van der Waals surface area contributed by atoms with Crippen molar-refractivity contribution >= 4 is 16.7 Å². The number of fused-ring (bicyclic) bond motifs is 1. The van der Waals surface area contributed by atoms with Crippen LogP contribution >= 0.6 is 0 Å². The lowest BCUT2D eigenvalue weighted by molar-refractivity contribution is -0.121. The molecule has 1 amide bonds. The maximum absolute atomic E-state index is 12.2. The molecular weight excluding hydrogens is 272 g/mol. The highest BCUT2D eigenvalue weighted by Crippen LogP contribution is 2.16. The van der Waals surface area contributed by atoms with E-state index in [1.54, 1.807) is 12.4 Å². The van der Waals surface area contributed by atoms with E-state index in [2.05, 4.69) is 34.6 Å². The molecule has 0 bridgehead atoms. The molecule has 0 saturated heterocycles. The van der Waals surface area contributed by atoms with Crippen LogP contribution in [0.4, 0.5) is 0 Å². The molecule has 1 heterocycles. The van der Waals surface area contributed by atoms with Gasteiger partial charge < -0.3 is 5.32 Å². The number of hydrogen-bond acceptors (Lipinski definition) is 2. The first-order valence-corrected chi connectivity index (χ1v) is 7.39. The summed E-state index contributed by atoms with van der Waals surface area (Å²) in [6, 6.07) is 18.1. The normalized spacial score (nSPS) is 12.0. The highest BCUT2D eigenvalue weighted by Gasteiger charge is 2.10. The minimum atomic E-state index is -0.0176. The summed E-state index contributed by atoms with van der Waals surface area (Å²) in [6.45, 7) is 1.98. The summed E-state index contributed by atoms with van der Waals surface area (Å²) in [6.07, 6.45) is 3.86. The van der Waals surface area contributed by atoms with Gasteiger partial charge in [0.1, 0.15) is 0 Å². The first-order chi connectivity index (χ1) is 10.7. The summed E-state index contributed by atoms with van der Waals surface area (Å²) < 4.78 is 0. The van der Waals surface area contributed by atoms with E-state index in [-0.39, 0.29) is 11.9 Å². The molecule has 2 aromatic carbocycles. The van der Waals surface area contributed by atoms with E-state index >= 15 is 0 Å². The van der Waals surface area contributed by atoms with Gasteiger partial charge in [-0.25, -0.2) is 0 Å². The third-order valence-electron chi connectivity index (χ3n) is 3.76. The van der Waals surface area contributed by atoms with Crippen LogP contribution < -0.4 is 5.32 Å². The standard InChI is InChI=1S/C19H18N2O/c1-14(16-8-10-20-11-9-16)21-19(22)13-15-6-7-17-4-2-3-5-18(17)12-15/h2-12,14H,13H2,1H3,(H,21,22). The Morgan fingerprint density at radius 1 is 1.05 bits per heavy atom. The Kier molecular flexibility index (Phi) is 4.15. The number of nitrogens with one attached hydrogen (secondary N) is 1. The van der Waals surface area contributed by atoms with Crippen LogP contribution in [0.3, 0.4) is 0 Å². The van der Waals surface area contributed by atoms with Crippen molar-refractivity contribution < 1.29 is 4.79 Å². The Labute approximate surface area is 130 Å². The van der Waals surface area contributed by atoms with Gasteiger partial charge >= 0.3 is 0 Å². The number of rotatable bonds is 4. The maximum Gasteiger partial charge on any atom is 0.224 e. The number of carbonyl (C=O) groups is 1. The second kappa shape index (κ2) is 6.39. The van der Waals surface area contributed by atoms with Crippen molar-refractivity contribution in [1.82, 2.24) is 10.3 Å². The summed E-state index contributed by atoms with van der Waals surface area (Å²) in [5.74, 6) is 0.0274. The smallest absolute Gasteiger partial charge is 0.224 e. The lowest BCUT2D eigenvalue weighted by atomic mass is 10.0. The topological polar surface area (TPSA) is 42.0 Å². The maximum atomic E-state index is 12.2. The molecule has 1 unspecified atom stereocenters. The Morgan fingerprint density at radius 3 is 2.55 bits per heavy atom. The van der Waals surface area contributed by atoms with Crippen molar-refractivity contribution in [2.75, 3.05) is 0 Å². The van der Waals surface area contributed by atoms with Crippen LogP contribution in [0.25, 0.3) is 10.8 Å². The number of pyridine rings is 1. The van der Waals surface area contributed by atoms with Crippen LogP contribution in [-0.2, 0) is 11.2 Å². The zero-order valence-corrected chi connectivity index (χ0v) is 12.5. The van der Waals surface area contributed by atoms with Gasteiger partial charge in [-0.3, -0.25) is 9.78 Å². The number of benzene rings is 2. The molecule has 1 aromatic heterocycles. The van der Waals surface area contributed by atoms with Gasteiger partial charge in [0, 0.05) is 12.4 Å². The molecular formula is C19H18N2O. The van der Waals surface area contributed by atoms with Gasteiger partial charge in [0.05, 0.1) is 12.5 Å². The van der Waals surface area contributed by atoms with Gasteiger partial charge in [-0.1, -0.05) is 42.5 Å². The number of nitrogens with zero attached hydrogens (tertiary/aromatic N) is 1. The first-order valence-electron chi connectivity index (χ1n) is 7.39. The van der Waals surface area contributed by atoms with Crippen molar-refractivity contribution in [3.63, 3.8) is 0 Å². The van der Waals surface area contributed by atoms with Gasteiger partial charge in [0.15, 0.2) is 0 Å². The van der Waals surface area contributed by atoms with E-state index in [1.165, 1.54) is 5.39 Å². The molecule has 3 heteroatoms. The molecule has 1 N–H and O–H groups in total. The third kappa shape index (κ3) is 3.31. The minimum Gasteiger partial charge on any atom is -0.349 e. The molecule has 0 saturated carbocycles. The van der Waals surface area contributed by atoms with Gasteiger partial charge in [-0.05, 0) is 41.0 Å². The third-order valence-corrected chi connectivity index (χ3v) is 3.76. The fraction of sp³-hybridized carbons (Fsp3) is 0.158. The Hall–Kier alpha value is -2.68. The first kappa shape index (κ1) is 14.3. The van der Waals surface area contributed by atoms with Gasteiger partial charge in [0.2, 0.25) is 5.91 Å². The monoisotopic (exact) mass is 290 g/mol. The molecule has 22 heavy (non-hydrogen) atoms. The Morgan fingerprint density at radius 2 is 1.77 bits per heavy atom. The molecule has 0 spiro atoms. The molecule has 110 valence electrons. The van der Waals surface area contributed by atoms with Crippen LogP contribution in [0.5, 0.6) is 0 Å².